The van der Waals surface area contributed by atoms with E-state index in [9.17, 15) is 0 Å². The Morgan fingerprint density at radius 3 is 2.56 bits per heavy atom. The lowest BCUT2D eigenvalue weighted by molar-refractivity contribution is 0.441. The second kappa shape index (κ2) is 5.70. The fourth-order valence-electron chi connectivity index (χ4n) is 1.73. The lowest BCUT2D eigenvalue weighted by Gasteiger charge is -2.26. The summed E-state index contributed by atoms with van der Waals surface area (Å²) < 4.78 is 0. The summed E-state index contributed by atoms with van der Waals surface area (Å²) in [5.74, 6) is 0. The molecule has 90 valence electrons. The van der Waals surface area contributed by atoms with Gasteiger partial charge in [-0.3, -0.25) is 0 Å². The van der Waals surface area contributed by atoms with Gasteiger partial charge in [0.05, 0.1) is 0 Å². The quantitative estimate of drug-likeness (QED) is 0.819. The fourth-order valence-corrected chi connectivity index (χ4v) is 1.92. The molecule has 0 unspecified atom stereocenters. The summed E-state index contributed by atoms with van der Waals surface area (Å²) in [6.45, 7) is 9.91. The van der Waals surface area contributed by atoms with Crippen molar-refractivity contribution >= 4 is 11.6 Å². The summed E-state index contributed by atoms with van der Waals surface area (Å²) in [5.41, 5.74) is 1.48. The Labute approximate surface area is 104 Å². The molecule has 2 heteroatoms. The summed E-state index contributed by atoms with van der Waals surface area (Å²) in [7, 11) is 0. The van der Waals surface area contributed by atoms with Crippen LogP contribution in [0.1, 0.15) is 39.7 Å². The van der Waals surface area contributed by atoms with Crippen LogP contribution >= 0.6 is 11.6 Å². The molecule has 0 aliphatic heterocycles. The molecular weight excluding hydrogens is 218 g/mol. The average molecular weight is 240 g/mol. The molecule has 0 amide bonds. The first-order chi connectivity index (χ1) is 7.42. The first kappa shape index (κ1) is 13.5. The van der Waals surface area contributed by atoms with Crippen LogP contribution in [0.25, 0.3) is 0 Å². The van der Waals surface area contributed by atoms with E-state index in [0.29, 0.717) is 6.04 Å². The smallest absolute Gasteiger partial charge is 0.0408 e. The topological polar surface area (TPSA) is 12.0 Å². The molecule has 0 aromatic heterocycles. The highest BCUT2D eigenvalue weighted by molar-refractivity contribution is 6.30. The first-order valence-electron chi connectivity index (χ1n) is 5.91. The Hall–Kier alpha value is -0.530. The normalized spacial score (nSPS) is 12.1. The predicted molar refractivity (Wildman–Crippen MR) is 72.2 cm³/mol. The van der Waals surface area contributed by atoms with Crippen LogP contribution in [-0.4, -0.2) is 12.6 Å². The highest BCUT2D eigenvalue weighted by atomic mass is 35.5. The summed E-state index contributed by atoms with van der Waals surface area (Å²) in [6, 6.07) is 8.72. The Morgan fingerprint density at radius 1 is 1.31 bits per heavy atom. The maximum atomic E-state index is 6.02. The van der Waals surface area contributed by atoms with Gasteiger partial charge in [-0.15, -0.1) is 0 Å². The van der Waals surface area contributed by atoms with Crippen molar-refractivity contribution in [2.75, 3.05) is 6.54 Å². The molecule has 1 rings (SSSR count). The van der Waals surface area contributed by atoms with Crippen molar-refractivity contribution in [3.05, 3.63) is 34.9 Å². The maximum Gasteiger partial charge on any atom is 0.0408 e. The second-order valence-corrected chi connectivity index (χ2v) is 5.69. The standard InChI is InChI=1S/C14H22ClN/c1-11(2)16-9-8-14(3,4)12-6-5-7-13(15)10-12/h5-7,10-11,16H,8-9H2,1-4H3. The average Bonchev–Trinajstić information content (AvgIpc) is 2.16. The first-order valence-corrected chi connectivity index (χ1v) is 6.29. The van der Waals surface area contributed by atoms with Crippen LogP contribution in [0.4, 0.5) is 0 Å². The lowest BCUT2D eigenvalue weighted by atomic mass is 9.81. The molecule has 0 saturated heterocycles. The molecule has 0 atom stereocenters. The van der Waals surface area contributed by atoms with Gasteiger partial charge in [-0.25, -0.2) is 0 Å². The molecule has 1 N–H and O–H groups in total. The minimum absolute atomic E-state index is 0.173. The molecule has 0 bridgehead atoms. The number of benzene rings is 1. The van der Waals surface area contributed by atoms with Gasteiger partial charge in [0.25, 0.3) is 0 Å². The maximum absolute atomic E-state index is 6.02. The van der Waals surface area contributed by atoms with Gasteiger partial charge in [0.2, 0.25) is 0 Å². The third kappa shape index (κ3) is 4.15. The van der Waals surface area contributed by atoms with Gasteiger partial charge in [-0.2, -0.15) is 0 Å². The van der Waals surface area contributed by atoms with Gasteiger partial charge in [-0.05, 0) is 36.1 Å². The number of halogens is 1. The monoisotopic (exact) mass is 239 g/mol. The third-order valence-electron chi connectivity index (χ3n) is 2.91. The molecule has 1 nitrogen and oxygen atoms in total. The summed E-state index contributed by atoms with van der Waals surface area (Å²) in [4.78, 5) is 0. The number of nitrogens with one attached hydrogen (secondary N) is 1. The number of hydrogen-bond acceptors (Lipinski definition) is 1. The number of rotatable bonds is 5. The Bertz CT molecular complexity index is 331. The lowest BCUT2D eigenvalue weighted by Crippen LogP contribution is -2.29. The SMILES string of the molecule is CC(C)NCCC(C)(C)c1cccc(Cl)c1. The molecule has 0 spiro atoms. The van der Waals surface area contributed by atoms with E-state index in [1.807, 2.05) is 12.1 Å². The molecule has 1 aromatic carbocycles. The minimum atomic E-state index is 0.173. The molecule has 0 saturated carbocycles. The van der Waals surface area contributed by atoms with E-state index in [-0.39, 0.29) is 5.41 Å². The zero-order valence-electron chi connectivity index (χ0n) is 10.7. The van der Waals surface area contributed by atoms with Gasteiger partial charge in [-0.1, -0.05) is 51.4 Å². The summed E-state index contributed by atoms with van der Waals surface area (Å²) in [6.07, 6.45) is 1.12. The van der Waals surface area contributed by atoms with Crippen LogP contribution < -0.4 is 5.32 Å². The van der Waals surface area contributed by atoms with Crippen molar-refractivity contribution in [1.82, 2.24) is 5.32 Å². The van der Waals surface area contributed by atoms with Crippen LogP contribution in [0.15, 0.2) is 24.3 Å². The molecule has 16 heavy (non-hydrogen) atoms. The van der Waals surface area contributed by atoms with Crippen LogP contribution in [-0.2, 0) is 5.41 Å². The molecule has 0 heterocycles. The van der Waals surface area contributed by atoms with Crippen LogP contribution in [0.3, 0.4) is 0 Å². The van der Waals surface area contributed by atoms with Crippen LogP contribution in [0.2, 0.25) is 5.02 Å². The van der Waals surface area contributed by atoms with Gasteiger partial charge in [0.1, 0.15) is 0 Å². The predicted octanol–water partition coefficient (Wildman–Crippen LogP) is 4.01. The van der Waals surface area contributed by atoms with E-state index < -0.39 is 0 Å². The molecule has 0 aliphatic carbocycles. The third-order valence-corrected chi connectivity index (χ3v) is 3.14. The largest absolute Gasteiger partial charge is 0.315 e. The van der Waals surface area contributed by atoms with Crippen molar-refractivity contribution in [2.45, 2.75) is 45.6 Å². The molecule has 0 aliphatic rings. The molecule has 0 fully saturated rings. The minimum Gasteiger partial charge on any atom is -0.315 e. The van der Waals surface area contributed by atoms with Crippen molar-refractivity contribution in [3.63, 3.8) is 0 Å². The van der Waals surface area contributed by atoms with Crippen molar-refractivity contribution in [1.29, 1.82) is 0 Å². The van der Waals surface area contributed by atoms with Gasteiger partial charge >= 0.3 is 0 Å². The Kier molecular flexibility index (Phi) is 4.82. The van der Waals surface area contributed by atoms with Crippen LogP contribution in [0.5, 0.6) is 0 Å². The highest BCUT2D eigenvalue weighted by Crippen LogP contribution is 2.28. The van der Waals surface area contributed by atoms with Crippen molar-refractivity contribution in [2.24, 2.45) is 0 Å². The van der Waals surface area contributed by atoms with Crippen LogP contribution in [0, 0.1) is 0 Å². The second-order valence-electron chi connectivity index (χ2n) is 5.25. The Balaban J connectivity index is 2.62. The van der Waals surface area contributed by atoms with Gasteiger partial charge < -0.3 is 5.32 Å². The zero-order valence-corrected chi connectivity index (χ0v) is 11.4. The molecule has 0 radical (unpaired) electrons. The van der Waals surface area contributed by atoms with Gasteiger partial charge in [0.15, 0.2) is 0 Å². The summed E-state index contributed by atoms with van der Waals surface area (Å²) >= 11 is 6.02. The van der Waals surface area contributed by atoms with Crippen molar-refractivity contribution < 1.29 is 0 Å². The number of hydrogen-bond donors (Lipinski definition) is 1. The van der Waals surface area contributed by atoms with Crippen molar-refractivity contribution in [3.8, 4) is 0 Å². The Morgan fingerprint density at radius 2 is 2.00 bits per heavy atom. The highest BCUT2D eigenvalue weighted by Gasteiger charge is 2.20. The van der Waals surface area contributed by atoms with E-state index >= 15 is 0 Å². The van der Waals surface area contributed by atoms with E-state index in [1.54, 1.807) is 0 Å². The molecular formula is C14H22ClN. The van der Waals surface area contributed by atoms with E-state index in [1.165, 1.54) is 5.56 Å². The van der Waals surface area contributed by atoms with E-state index in [4.69, 9.17) is 11.6 Å². The summed E-state index contributed by atoms with van der Waals surface area (Å²) in [5, 5.41) is 4.27. The van der Waals surface area contributed by atoms with Gasteiger partial charge in [0, 0.05) is 11.1 Å². The van der Waals surface area contributed by atoms with E-state index in [2.05, 4.69) is 45.1 Å². The fraction of sp³-hybridized carbons (Fsp3) is 0.571. The van der Waals surface area contributed by atoms with E-state index in [0.717, 1.165) is 18.0 Å². The zero-order chi connectivity index (χ0) is 12.2. The molecule has 1 aromatic rings.